The maximum atomic E-state index is 10.7. The number of aliphatic carboxylic acids is 1. The minimum absolute atomic E-state index is 0.394. The zero-order valence-electron chi connectivity index (χ0n) is 7.83. The van der Waals surface area contributed by atoms with Crippen molar-refractivity contribution in [3.63, 3.8) is 0 Å². The second kappa shape index (κ2) is 4.98. The fourth-order valence-corrected chi connectivity index (χ4v) is 1.41. The van der Waals surface area contributed by atoms with Crippen LogP contribution in [-0.2, 0) is 11.2 Å². The first-order chi connectivity index (χ1) is 6.65. The summed E-state index contributed by atoms with van der Waals surface area (Å²) >= 11 is 5.91. The third-order valence-corrected chi connectivity index (χ3v) is 2.40. The molecule has 4 heteroatoms. The fraction of sp³-hybridized carbons (Fsp3) is 0.300. The van der Waals surface area contributed by atoms with Gasteiger partial charge in [0.05, 0.1) is 0 Å². The van der Waals surface area contributed by atoms with Gasteiger partial charge in [0, 0.05) is 5.02 Å². The van der Waals surface area contributed by atoms with E-state index in [2.05, 4.69) is 5.32 Å². The Labute approximate surface area is 87.7 Å². The normalized spacial score (nSPS) is 12.4. The largest absolute Gasteiger partial charge is 0.480 e. The fourth-order valence-electron chi connectivity index (χ4n) is 1.20. The Hall–Kier alpha value is -1.06. The highest BCUT2D eigenvalue weighted by atomic mass is 35.5. The van der Waals surface area contributed by atoms with Crippen LogP contribution < -0.4 is 5.32 Å². The molecule has 1 rings (SSSR count). The average molecular weight is 214 g/mol. The van der Waals surface area contributed by atoms with Crippen molar-refractivity contribution in [2.45, 2.75) is 12.5 Å². The van der Waals surface area contributed by atoms with Gasteiger partial charge in [0.1, 0.15) is 6.04 Å². The van der Waals surface area contributed by atoms with Crippen molar-refractivity contribution >= 4 is 17.6 Å². The van der Waals surface area contributed by atoms with E-state index in [-0.39, 0.29) is 0 Å². The first kappa shape index (κ1) is 11.0. The number of likely N-dealkylation sites (N-methyl/N-ethyl adjacent to an activating group) is 1. The predicted octanol–water partition coefficient (Wildman–Crippen LogP) is 1.56. The molecule has 0 amide bonds. The van der Waals surface area contributed by atoms with Crippen molar-refractivity contribution in [2.24, 2.45) is 0 Å². The van der Waals surface area contributed by atoms with Gasteiger partial charge in [-0.25, -0.2) is 0 Å². The number of nitrogens with one attached hydrogen (secondary N) is 1. The van der Waals surface area contributed by atoms with E-state index in [9.17, 15) is 4.79 Å². The summed E-state index contributed by atoms with van der Waals surface area (Å²) in [6, 6.07) is 6.66. The number of hydrogen-bond donors (Lipinski definition) is 2. The van der Waals surface area contributed by atoms with Crippen LogP contribution in [0.2, 0.25) is 5.02 Å². The second-order valence-corrected chi connectivity index (χ2v) is 3.38. The molecule has 76 valence electrons. The van der Waals surface area contributed by atoms with Crippen molar-refractivity contribution in [3.8, 4) is 0 Å². The van der Waals surface area contributed by atoms with Gasteiger partial charge in [-0.2, -0.15) is 0 Å². The maximum absolute atomic E-state index is 10.7. The molecule has 0 heterocycles. The van der Waals surface area contributed by atoms with Gasteiger partial charge in [0.15, 0.2) is 0 Å². The number of hydrogen-bond acceptors (Lipinski definition) is 2. The van der Waals surface area contributed by atoms with Crippen LogP contribution in [0.4, 0.5) is 0 Å². The third kappa shape index (κ3) is 2.72. The van der Waals surface area contributed by atoms with Gasteiger partial charge in [-0.3, -0.25) is 4.79 Å². The number of carboxylic acids is 1. The van der Waals surface area contributed by atoms with Crippen molar-refractivity contribution < 1.29 is 9.90 Å². The Kier molecular flexibility index (Phi) is 3.92. The lowest BCUT2D eigenvalue weighted by Gasteiger charge is -2.11. The third-order valence-electron chi connectivity index (χ3n) is 2.03. The van der Waals surface area contributed by atoms with E-state index in [0.29, 0.717) is 11.4 Å². The summed E-state index contributed by atoms with van der Waals surface area (Å²) in [7, 11) is 1.62. The van der Waals surface area contributed by atoms with Crippen LogP contribution in [-0.4, -0.2) is 24.2 Å². The Morgan fingerprint density at radius 3 is 2.71 bits per heavy atom. The van der Waals surface area contributed by atoms with E-state index < -0.39 is 12.0 Å². The topological polar surface area (TPSA) is 49.3 Å². The molecule has 0 aliphatic heterocycles. The van der Waals surface area contributed by atoms with E-state index in [4.69, 9.17) is 16.7 Å². The molecule has 0 aromatic heterocycles. The summed E-state index contributed by atoms with van der Waals surface area (Å²) in [6.07, 6.45) is 0.394. The molecule has 0 fully saturated rings. The SMILES string of the molecule is CN[C@@H](Cc1ccccc1Cl)C(=O)O. The first-order valence-electron chi connectivity index (χ1n) is 4.28. The average Bonchev–Trinajstić information content (AvgIpc) is 2.16. The molecule has 14 heavy (non-hydrogen) atoms. The smallest absolute Gasteiger partial charge is 0.321 e. The molecule has 2 N–H and O–H groups in total. The highest BCUT2D eigenvalue weighted by Gasteiger charge is 2.16. The lowest BCUT2D eigenvalue weighted by atomic mass is 10.1. The lowest BCUT2D eigenvalue weighted by Crippen LogP contribution is -2.35. The van der Waals surface area contributed by atoms with Gasteiger partial charge in [0.2, 0.25) is 0 Å². The van der Waals surface area contributed by atoms with E-state index in [1.54, 1.807) is 13.1 Å². The van der Waals surface area contributed by atoms with Gasteiger partial charge >= 0.3 is 5.97 Å². The number of carbonyl (C=O) groups is 1. The maximum Gasteiger partial charge on any atom is 0.321 e. The highest BCUT2D eigenvalue weighted by Crippen LogP contribution is 2.16. The zero-order chi connectivity index (χ0) is 10.6. The molecular formula is C10H12ClNO2. The standard InChI is InChI=1S/C10H12ClNO2/c1-12-9(10(13)14)6-7-4-2-3-5-8(7)11/h2-5,9,12H,6H2,1H3,(H,13,14)/t9-/m0/s1. The molecule has 1 aromatic carbocycles. The van der Waals surface area contributed by atoms with Crippen LogP contribution in [0, 0.1) is 0 Å². The summed E-state index contributed by atoms with van der Waals surface area (Å²) in [5.41, 5.74) is 0.843. The molecule has 3 nitrogen and oxygen atoms in total. The number of carboxylic acid groups (broad SMARTS) is 1. The summed E-state index contributed by atoms with van der Waals surface area (Å²) < 4.78 is 0. The van der Waals surface area contributed by atoms with E-state index in [1.807, 2.05) is 18.2 Å². The van der Waals surface area contributed by atoms with Crippen LogP contribution in [0.5, 0.6) is 0 Å². The zero-order valence-corrected chi connectivity index (χ0v) is 8.58. The first-order valence-corrected chi connectivity index (χ1v) is 4.66. The molecule has 0 saturated heterocycles. The summed E-state index contributed by atoms with van der Waals surface area (Å²) in [5, 5.41) is 12.1. The molecule has 0 aliphatic rings. The summed E-state index contributed by atoms with van der Waals surface area (Å²) in [4.78, 5) is 10.7. The van der Waals surface area contributed by atoms with Crippen LogP contribution >= 0.6 is 11.6 Å². The minimum atomic E-state index is -0.868. The van der Waals surface area contributed by atoms with E-state index >= 15 is 0 Å². The number of benzene rings is 1. The van der Waals surface area contributed by atoms with Crippen LogP contribution in [0.1, 0.15) is 5.56 Å². The second-order valence-electron chi connectivity index (χ2n) is 2.98. The van der Waals surface area contributed by atoms with Crippen molar-refractivity contribution in [2.75, 3.05) is 7.05 Å². The van der Waals surface area contributed by atoms with Crippen molar-refractivity contribution in [1.82, 2.24) is 5.32 Å². The number of rotatable bonds is 4. The Morgan fingerprint density at radius 1 is 1.57 bits per heavy atom. The number of halogens is 1. The molecule has 0 radical (unpaired) electrons. The molecule has 0 bridgehead atoms. The molecule has 1 aromatic rings. The van der Waals surface area contributed by atoms with Crippen LogP contribution in [0.25, 0.3) is 0 Å². The Balaban J connectivity index is 2.77. The Bertz CT molecular complexity index is 328. The minimum Gasteiger partial charge on any atom is -0.480 e. The molecular weight excluding hydrogens is 202 g/mol. The quantitative estimate of drug-likeness (QED) is 0.798. The van der Waals surface area contributed by atoms with Crippen molar-refractivity contribution in [1.29, 1.82) is 0 Å². The highest BCUT2D eigenvalue weighted by molar-refractivity contribution is 6.31. The van der Waals surface area contributed by atoms with Gasteiger partial charge in [-0.15, -0.1) is 0 Å². The monoisotopic (exact) mass is 213 g/mol. The van der Waals surface area contributed by atoms with E-state index in [0.717, 1.165) is 5.56 Å². The van der Waals surface area contributed by atoms with Gasteiger partial charge in [-0.05, 0) is 25.1 Å². The molecule has 0 aliphatic carbocycles. The van der Waals surface area contributed by atoms with Crippen LogP contribution in [0.15, 0.2) is 24.3 Å². The summed E-state index contributed by atoms with van der Waals surface area (Å²) in [5.74, 6) is -0.868. The molecule has 0 spiro atoms. The molecule has 1 atom stereocenters. The van der Waals surface area contributed by atoms with Crippen molar-refractivity contribution in [3.05, 3.63) is 34.9 Å². The lowest BCUT2D eigenvalue weighted by molar-refractivity contribution is -0.139. The van der Waals surface area contributed by atoms with Gasteiger partial charge < -0.3 is 10.4 Å². The predicted molar refractivity (Wildman–Crippen MR) is 55.6 cm³/mol. The summed E-state index contributed by atoms with van der Waals surface area (Å²) in [6.45, 7) is 0. The molecule has 0 saturated carbocycles. The Morgan fingerprint density at radius 2 is 2.21 bits per heavy atom. The van der Waals surface area contributed by atoms with Crippen LogP contribution in [0.3, 0.4) is 0 Å². The van der Waals surface area contributed by atoms with E-state index in [1.165, 1.54) is 0 Å². The van der Waals surface area contributed by atoms with Gasteiger partial charge in [-0.1, -0.05) is 29.8 Å². The molecule has 0 unspecified atom stereocenters. The van der Waals surface area contributed by atoms with Gasteiger partial charge in [0.25, 0.3) is 0 Å².